The van der Waals surface area contributed by atoms with Crippen LogP contribution < -0.4 is 0 Å². The molecule has 0 aliphatic carbocycles. The van der Waals surface area contributed by atoms with Crippen molar-refractivity contribution in [1.29, 1.82) is 0 Å². The number of carbonyl (C=O) groups is 1. The fourth-order valence-electron chi connectivity index (χ4n) is 3.20. The summed E-state index contributed by atoms with van der Waals surface area (Å²) in [7, 11) is 2.18. The van der Waals surface area contributed by atoms with Crippen LogP contribution in [0.5, 0.6) is 0 Å². The van der Waals surface area contributed by atoms with Crippen LogP contribution in [-0.2, 0) is 0 Å². The molecule has 2 bridgehead atoms. The number of hydrogen-bond acceptors (Lipinski definition) is 2. The number of likely N-dealkylation sites (N-methyl/N-ethyl adjacent to an activating group) is 1. The third-order valence-electron chi connectivity index (χ3n) is 4.34. The average Bonchev–Trinajstić information content (AvgIpc) is 2.43. The number of piperidine rings is 2. The summed E-state index contributed by atoms with van der Waals surface area (Å²) < 4.78 is 0. The minimum absolute atomic E-state index is 0.195. The van der Waals surface area contributed by atoms with Crippen LogP contribution in [-0.4, -0.2) is 48.4 Å². The molecule has 2 aliphatic rings. The summed E-state index contributed by atoms with van der Waals surface area (Å²) in [4.78, 5) is 16.9. The number of fused-ring (bicyclic) bond motifs is 2. The minimum Gasteiger partial charge on any atom is -0.337 e. The largest absolute Gasteiger partial charge is 0.337 e. The molecule has 1 amide bonds. The molecule has 18 heavy (non-hydrogen) atoms. The predicted molar refractivity (Wildman–Crippen MR) is 71.5 cm³/mol. The highest BCUT2D eigenvalue weighted by Gasteiger charge is 2.35. The van der Waals surface area contributed by atoms with E-state index in [2.05, 4.69) is 11.9 Å². The van der Waals surface area contributed by atoms with Crippen molar-refractivity contribution in [3.05, 3.63) is 35.9 Å². The molecule has 3 rings (SSSR count). The molecule has 2 aliphatic heterocycles. The molecule has 96 valence electrons. The zero-order valence-electron chi connectivity index (χ0n) is 10.9. The Bertz CT molecular complexity index is 431. The molecule has 3 heteroatoms. The maximum Gasteiger partial charge on any atom is 0.253 e. The van der Waals surface area contributed by atoms with Crippen LogP contribution in [0.25, 0.3) is 0 Å². The first-order valence-electron chi connectivity index (χ1n) is 6.78. The quantitative estimate of drug-likeness (QED) is 0.752. The first-order chi connectivity index (χ1) is 8.74. The van der Waals surface area contributed by atoms with Gasteiger partial charge in [0.25, 0.3) is 5.91 Å². The monoisotopic (exact) mass is 244 g/mol. The predicted octanol–water partition coefficient (Wildman–Crippen LogP) is 1.85. The van der Waals surface area contributed by atoms with E-state index in [-0.39, 0.29) is 5.91 Å². The van der Waals surface area contributed by atoms with Gasteiger partial charge in [-0.25, -0.2) is 0 Å². The zero-order chi connectivity index (χ0) is 12.5. The molecule has 2 saturated heterocycles. The second kappa shape index (κ2) is 4.73. The molecule has 0 N–H and O–H groups in total. The van der Waals surface area contributed by atoms with E-state index in [9.17, 15) is 4.79 Å². The topological polar surface area (TPSA) is 23.6 Å². The molecule has 0 saturated carbocycles. The van der Waals surface area contributed by atoms with Gasteiger partial charge in [-0.15, -0.1) is 0 Å². The molecule has 1 aromatic carbocycles. The standard InChI is InChI=1S/C15H20N2O/c1-16-8-7-12-9-14(16)11-17(10-12)15(18)13-5-3-2-4-6-13/h2-6,12,14H,7-11H2,1H3/t12-,14+/m0/s1. The van der Waals surface area contributed by atoms with Gasteiger partial charge < -0.3 is 9.80 Å². The Labute approximate surface area is 108 Å². The second-order valence-corrected chi connectivity index (χ2v) is 5.60. The number of carbonyl (C=O) groups excluding carboxylic acids is 1. The molecule has 0 spiro atoms. The van der Waals surface area contributed by atoms with Gasteiger partial charge in [-0.2, -0.15) is 0 Å². The Kier molecular flexibility index (Phi) is 3.08. The zero-order valence-corrected chi connectivity index (χ0v) is 10.9. The van der Waals surface area contributed by atoms with Crippen LogP contribution in [0.4, 0.5) is 0 Å². The van der Waals surface area contributed by atoms with Crippen LogP contribution in [0.15, 0.2) is 30.3 Å². The Morgan fingerprint density at radius 3 is 2.78 bits per heavy atom. The van der Waals surface area contributed by atoms with Gasteiger partial charge in [-0.05, 0) is 44.5 Å². The number of likely N-dealkylation sites (tertiary alicyclic amines) is 2. The van der Waals surface area contributed by atoms with Crippen molar-refractivity contribution in [2.24, 2.45) is 5.92 Å². The lowest BCUT2D eigenvalue weighted by molar-refractivity contribution is 0.0292. The van der Waals surface area contributed by atoms with Crippen molar-refractivity contribution in [3.63, 3.8) is 0 Å². The van der Waals surface area contributed by atoms with Gasteiger partial charge in [0, 0.05) is 24.7 Å². The highest BCUT2D eigenvalue weighted by molar-refractivity contribution is 5.94. The van der Waals surface area contributed by atoms with Crippen molar-refractivity contribution in [2.45, 2.75) is 18.9 Å². The smallest absolute Gasteiger partial charge is 0.253 e. The highest BCUT2D eigenvalue weighted by atomic mass is 16.2. The Morgan fingerprint density at radius 2 is 2.00 bits per heavy atom. The Hall–Kier alpha value is -1.35. The maximum atomic E-state index is 12.4. The van der Waals surface area contributed by atoms with Crippen molar-refractivity contribution >= 4 is 5.91 Å². The van der Waals surface area contributed by atoms with Gasteiger partial charge in [-0.3, -0.25) is 4.79 Å². The van der Waals surface area contributed by atoms with Crippen LogP contribution in [0, 0.1) is 5.92 Å². The molecule has 0 unspecified atom stereocenters. The van der Waals surface area contributed by atoms with Crippen molar-refractivity contribution in [1.82, 2.24) is 9.80 Å². The second-order valence-electron chi connectivity index (χ2n) is 5.60. The summed E-state index contributed by atoms with van der Waals surface area (Å²) in [6.45, 7) is 3.02. The third-order valence-corrected chi connectivity index (χ3v) is 4.34. The number of nitrogens with zero attached hydrogens (tertiary/aromatic N) is 2. The highest BCUT2D eigenvalue weighted by Crippen LogP contribution is 2.28. The average molecular weight is 244 g/mol. The van der Waals surface area contributed by atoms with E-state index in [1.165, 1.54) is 19.4 Å². The number of rotatable bonds is 1. The van der Waals surface area contributed by atoms with Gasteiger partial charge in [0.15, 0.2) is 0 Å². The summed E-state index contributed by atoms with van der Waals surface area (Å²) >= 11 is 0. The van der Waals surface area contributed by atoms with E-state index in [4.69, 9.17) is 0 Å². The summed E-state index contributed by atoms with van der Waals surface area (Å²) in [6.07, 6.45) is 2.49. The minimum atomic E-state index is 0.195. The van der Waals surface area contributed by atoms with E-state index < -0.39 is 0 Å². The normalized spacial score (nSPS) is 28.2. The lowest BCUT2D eigenvalue weighted by Gasteiger charge is -2.46. The molecule has 0 radical (unpaired) electrons. The summed E-state index contributed by atoms with van der Waals surface area (Å²) in [5.41, 5.74) is 0.820. The third kappa shape index (κ3) is 2.15. The molecular formula is C15H20N2O. The van der Waals surface area contributed by atoms with Crippen LogP contribution in [0.3, 0.4) is 0 Å². The first-order valence-corrected chi connectivity index (χ1v) is 6.78. The molecule has 2 atom stereocenters. The summed E-state index contributed by atoms with van der Waals surface area (Å²) in [6, 6.07) is 10.2. The van der Waals surface area contributed by atoms with E-state index in [1.54, 1.807) is 0 Å². The van der Waals surface area contributed by atoms with Gasteiger partial charge in [0.1, 0.15) is 0 Å². The summed E-state index contributed by atoms with van der Waals surface area (Å²) in [5, 5.41) is 0. The van der Waals surface area contributed by atoms with E-state index in [1.807, 2.05) is 35.2 Å². The number of hydrogen-bond donors (Lipinski definition) is 0. The molecular weight excluding hydrogens is 224 g/mol. The van der Waals surface area contributed by atoms with E-state index >= 15 is 0 Å². The summed E-state index contributed by atoms with van der Waals surface area (Å²) in [5.74, 6) is 0.896. The molecule has 3 nitrogen and oxygen atoms in total. The molecule has 2 fully saturated rings. The Morgan fingerprint density at radius 1 is 1.22 bits per heavy atom. The fraction of sp³-hybridized carbons (Fsp3) is 0.533. The van der Waals surface area contributed by atoms with Crippen LogP contribution in [0.2, 0.25) is 0 Å². The van der Waals surface area contributed by atoms with Gasteiger partial charge in [-0.1, -0.05) is 18.2 Å². The van der Waals surface area contributed by atoms with E-state index in [0.29, 0.717) is 12.0 Å². The van der Waals surface area contributed by atoms with Gasteiger partial charge in [0.05, 0.1) is 0 Å². The van der Waals surface area contributed by atoms with Crippen molar-refractivity contribution in [3.8, 4) is 0 Å². The number of amides is 1. The lowest BCUT2D eigenvalue weighted by atomic mass is 9.86. The van der Waals surface area contributed by atoms with Gasteiger partial charge in [0.2, 0.25) is 0 Å². The lowest BCUT2D eigenvalue weighted by Crippen LogP contribution is -2.55. The molecule has 0 aromatic heterocycles. The number of benzene rings is 1. The van der Waals surface area contributed by atoms with Crippen LogP contribution in [0.1, 0.15) is 23.2 Å². The van der Waals surface area contributed by atoms with Crippen molar-refractivity contribution in [2.75, 3.05) is 26.7 Å². The Balaban J connectivity index is 1.75. The molecule has 1 aromatic rings. The fourth-order valence-corrected chi connectivity index (χ4v) is 3.20. The van der Waals surface area contributed by atoms with Gasteiger partial charge >= 0.3 is 0 Å². The van der Waals surface area contributed by atoms with Crippen molar-refractivity contribution < 1.29 is 4.79 Å². The van der Waals surface area contributed by atoms with Crippen LogP contribution >= 0.6 is 0 Å². The molecule has 2 heterocycles. The first kappa shape index (κ1) is 11.7. The SMILES string of the molecule is CN1CC[C@H]2C[C@@H]1CN(C(=O)c1ccccc1)C2. The van der Waals surface area contributed by atoms with E-state index in [0.717, 1.165) is 18.7 Å². The maximum absolute atomic E-state index is 12.4.